The Labute approximate surface area is 249 Å². The van der Waals surface area contributed by atoms with Crippen LogP contribution in [0.4, 0.5) is 0 Å². The minimum atomic E-state index is -2.86. The van der Waals surface area contributed by atoms with Gasteiger partial charge < -0.3 is 18.6 Å². The fourth-order valence-corrected chi connectivity index (χ4v) is 9.94. The van der Waals surface area contributed by atoms with Crippen molar-refractivity contribution in [2.24, 2.45) is 5.41 Å². The summed E-state index contributed by atoms with van der Waals surface area (Å²) < 4.78 is 22.7. The molecule has 0 aliphatic heterocycles. The molecule has 0 bridgehead atoms. The second-order valence-corrected chi connectivity index (χ2v) is 15.4. The van der Waals surface area contributed by atoms with Crippen LogP contribution >= 0.6 is 0 Å². The summed E-state index contributed by atoms with van der Waals surface area (Å²) in [6, 6.07) is 29.3. The lowest BCUT2D eigenvalue weighted by Crippen LogP contribution is -2.66. The molecule has 0 saturated heterocycles. The lowest BCUT2D eigenvalue weighted by molar-refractivity contribution is -0.180. The molecule has 42 heavy (non-hydrogen) atoms. The van der Waals surface area contributed by atoms with Crippen LogP contribution in [0, 0.1) is 5.41 Å². The van der Waals surface area contributed by atoms with Crippen molar-refractivity contribution < 1.29 is 33.0 Å². The van der Waals surface area contributed by atoms with Crippen LogP contribution in [-0.2, 0) is 39.4 Å². The Balaban J connectivity index is 2.08. The number of benzene rings is 3. The molecule has 7 nitrogen and oxygen atoms in total. The Kier molecular flexibility index (Phi) is 11.0. The van der Waals surface area contributed by atoms with E-state index in [4.69, 9.17) is 18.6 Å². The van der Waals surface area contributed by atoms with E-state index in [0.29, 0.717) is 5.56 Å². The zero-order valence-electron chi connectivity index (χ0n) is 25.2. The predicted molar refractivity (Wildman–Crippen MR) is 165 cm³/mol. The molecule has 0 fully saturated rings. The minimum Gasteiger partial charge on any atom is -0.468 e. The number of esters is 3. The quantitative estimate of drug-likeness (QED) is 0.100. The van der Waals surface area contributed by atoms with Crippen LogP contribution in [0.15, 0.2) is 103 Å². The van der Waals surface area contributed by atoms with Crippen molar-refractivity contribution in [3.8, 4) is 0 Å². The maximum atomic E-state index is 13.4. The zero-order chi connectivity index (χ0) is 30.8. The van der Waals surface area contributed by atoms with E-state index in [0.717, 1.165) is 10.4 Å². The predicted octanol–water partition coefficient (Wildman–Crippen LogP) is 4.63. The summed E-state index contributed by atoms with van der Waals surface area (Å²) in [6.45, 7) is 7.87. The molecule has 3 aromatic carbocycles. The molecule has 0 unspecified atom stereocenters. The van der Waals surface area contributed by atoms with Crippen LogP contribution in [0.2, 0.25) is 5.04 Å². The number of hydrogen-bond donors (Lipinski definition) is 0. The first kappa shape index (κ1) is 32.5. The van der Waals surface area contributed by atoms with Gasteiger partial charge in [0.15, 0.2) is 0 Å². The second-order valence-electron chi connectivity index (χ2n) is 11.0. The maximum Gasteiger partial charge on any atom is 0.327 e. The van der Waals surface area contributed by atoms with E-state index in [1.165, 1.54) is 27.2 Å². The number of methoxy groups -OCH3 is 2. The number of hydrogen-bond acceptors (Lipinski definition) is 7. The van der Waals surface area contributed by atoms with Crippen LogP contribution in [0.3, 0.4) is 0 Å². The molecule has 1 atom stereocenters. The molecule has 0 amide bonds. The van der Waals surface area contributed by atoms with Crippen LogP contribution in [0.25, 0.3) is 0 Å². The van der Waals surface area contributed by atoms with Gasteiger partial charge in [-0.2, -0.15) is 0 Å². The Morgan fingerprint density at radius 2 is 1.21 bits per heavy atom. The van der Waals surface area contributed by atoms with E-state index in [2.05, 4.69) is 45.0 Å². The average Bonchev–Trinajstić information content (AvgIpc) is 2.99. The van der Waals surface area contributed by atoms with Gasteiger partial charge >= 0.3 is 17.9 Å². The summed E-state index contributed by atoms with van der Waals surface area (Å²) in [6.07, 6.45) is 1.79. The summed E-state index contributed by atoms with van der Waals surface area (Å²) in [7, 11) is -0.487. The van der Waals surface area contributed by atoms with Gasteiger partial charge in [0, 0.05) is 13.3 Å². The normalized spacial score (nSPS) is 12.9. The van der Waals surface area contributed by atoms with Crippen LogP contribution < -0.4 is 10.4 Å². The lowest BCUT2D eigenvalue weighted by atomic mass is 9.76. The van der Waals surface area contributed by atoms with Gasteiger partial charge in [-0.15, -0.1) is 0 Å². The maximum absolute atomic E-state index is 13.4. The van der Waals surface area contributed by atoms with Gasteiger partial charge in [-0.3, -0.25) is 14.4 Å². The summed E-state index contributed by atoms with van der Waals surface area (Å²) in [5.74, 6) is -2.41. The van der Waals surface area contributed by atoms with Gasteiger partial charge in [-0.25, -0.2) is 0 Å². The van der Waals surface area contributed by atoms with Gasteiger partial charge in [0.1, 0.15) is 6.10 Å². The van der Waals surface area contributed by atoms with Crippen molar-refractivity contribution in [1.29, 1.82) is 0 Å². The topological polar surface area (TPSA) is 88.1 Å². The number of ether oxygens (including phenoxy) is 3. The number of carbonyl (C=O) groups is 3. The van der Waals surface area contributed by atoms with Gasteiger partial charge in [0.05, 0.1) is 20.8 Å². The first-order valence-corrected chi connectivity index (χ1v) is 15.7. The number of carbonyl (C=O) groups excluding carboxylic acids is 3. The van der Waals surface area contributed by atoms with Crippen LogP contribution in [0.5, 0.6) is 0 Å². The first-order valence-electron chi connectivity index (χ1n) is 13.8. The monoisotopic (exact) mass is 588 g/mol. The smallest absolute Gasteiger partial charge is 0.327 e. The van der Waals surface area contributed by atoms with Gasteiger partial charge in [0.25, 0.3) is 8.32 Å². The fourth-order valence-electron chi connectivity index (χ4n) is 5.44. The Bertz CT molecular complexity index is 1290. The molecular weight excluding hydrogens is 548 g/mol. The van der Waals surface area contributed by atoms with Crippen molar-refractivity contribution in [3.63, 3.8) is 0 Å². The molecule has 0 aliphatic carbocycles. The summed E-state index contributed by atoms with van der Waals surface area (Å²) in [5.41, 5.74) is -1.31. The van der Waals surface area contributed by atoms with Crippen molar-refractivity contribution in [1.82, 2.24) is 0 Å². The Morgan fingerprint density at radius 3 is 1.62 bits per heavy atom. The molecule has 3 rings (SSSR count). The molecule has 0 N–H and O–H groups in total. The van der Waals surface area contributed by atoms with Crippen molar-refractivity contribution in [2.45, 2.75) is 45.3 Å². The van der Waals surface area contributed by atoms with E-state index >= 15 is 0 Å². The van der Waals surface area contributed by atoms with E-state index in [9.17, 15) is 14.4 Å². The SMILES string of the molecule is COC(=O)C(Cc1ccccc1)(C(=O)OC)[C@@H](/C=C/CO[Si](c1ccccc1)(c1ccccc1)C(C)(C)C)OC(C)=O. The molecule has 0 aliphatic rings. The van der Waals surface area contributed by atoms with Crippen molar-refractivity contribution in [3.05, 3.63) is 109 Å². The highest BCUT2D eigenvalue weighted by Gasteiger charge is 2.56. The second kappa shape index (κ2) is 14.2. The third-order valence-corrected chi connectivity index (χ3v) is 12.3. The molecule has 222 valence electrons. The highest BCUT2D eigenvalue weighted by molar-refractivity contribution is 6.99. The highest BCUT2D eigenvalue weighted by Crippen LogP contribution is 2.37. The fraction of sp³-hybridized carbons (Fsp3) is 0.324. The summed E-state index contributed by atoms with van der Waals surface area (Å²) in [5, 5.41) is 1.96. The van der Waals surface area contributed by atoms with E-state index in [1.54, 1.807) is 30.3 Å². The molecule has 0 spiro atoms. The summed E-state index contributed by atoms with van der Waals surface area (Å²) in [4.78, 5) is 39.0. The zero-order valence-corrected chi connectivity index (χ0v) is 26.2. The largest absolute Gasteiger partial charge is 0.468 e. The lowest BCUT2D eigenvalue weighted by Gasteiger charge is -2.42. The van der Waals surface area contributed by atoms with Gasteiger partial charge in [0.2, 0.25) is 5.41 Å². The van der Waals surface area contributed by atoms with Crippen LogP contribution in [0.1, 0.15) is 33.3 Å². The molecule has 0 aromatic heterocycles. The Morgan fingerprint density at radius 1 is 0.762 bits per heavy atom. The van der Waals surface area contributed by atoms with E-state index in [-0.39, 0.29) is 18.1 Å². The first-order chi connectivity index (χ1) is 20.0. The van der Waals surface area contributed by atoms with E-state index in [1.807, 2.05) is 42.5 Å². The highest BCUT2D eigenvalue weighted by atomic mass is 28.4. The molecule has 0 radical (unpaired) electrons. The molecule has 3 aromatic rings. The molecule has 0 heterocycles. The third-order valence-electron chi connectivity index (χ3n) is 7.33. The average molecular weight is 589 g/mol. The Hall–Kier alpha value is -4.01. The van der Waals surface area contributed by atoms with Crippen molar-refractivity contribution in [2.75, 3.05) is 20.8 Å². The third kappa shape index (κ3) is 6.89. The molecule has 8 heteroatoms. The van der Waals surface area contributed by atoms with Gasteiger partial charge in [-0.1, -0.05) is 118 Å². The number of rotatable bonds is 12. The molecule has 0 saturated carbocycles. The van der Waals surface area contributed by atoms with Gasteiger partial charge in [-0.05, 0) is 27.1 Å². The standard InChI is InChI=1S/C34H40O7Si/c1-26(35)41-30(34(31(36)38-5,32(37)39-6)25-27-17-10-7-11-18-27)23-16-24-40-42(33(2,3)4,28-19-12-8-13-20-28)29-21-14-9-15-22-29/h7-23,30H,24-25H2,1-6H3/b23-16+/t30-/m1/s1. The van der Waals surface area contributed by atoms with Crippen LogP contribution in [-0.4, -0.2) is 53.2 Å². The molecular formula is C34H40O7Si. The minimum absolute atomic E-state index is 0.106. The van der Waals surface area contributed by atoms with Crippen molar-refractivity contribution >= 4 is 36.6 Å². The van der Waals surface area contributed by atoms with E-state index < -0.39 is 37.7 Å². The summed E-state index contributed by atoms with van der Waals surface area (Å²) >= 11 is 0.